The molecule has 2 N–H and O–H groups in total. The Labute approximate surface area is 148 Å². The van der Waals surface area contributed by atoms with E-state index >= 15 is 0 Å². The first kappa shape index (κ1) is 17.5. The van der Waals surface area contributed by atoms with Gasteiger partial charge in [-0.05, 0) is 44.3 Å². The molecule has 3 heterocycles. The van der Waals surface area contributed by atoms with Gasteiger partial charge < -0.3 is 10.2 Å². The number of aromatic amines is 1. The lowest BCUT2D eigenvalue weighted by Crippen LogP contribution is -2.40. The van der Waals surface area contributed by atoms with Crippen LogP contribution in [0, 0.1) is 0 Å². The van der Waals surface area contributed by atoms with Gasteiger partial charge in [-0.1, -0.05) is 13.8 Å². The van der Waals surface area contributed by atoms with Gasteiger partial charge >= 0.3 is 0 Å². The molecule has 134 valence electrons. The normalized spacial score (nSPS) is 18.1. The molecule has 1 aliphatic rings. The Bertz CT molecular complexity index is 676. The second-order valence-corrected chi connectivity index (χ2v) is 6.88. The molecule has 0 spiro atoms. The Kier molecular flexibility index (Phi) is 5.75. The van der Waals surface area contributed by atoms with Gasteiger partial charge in [-0.3, -0.25) is 9.89 Å². The molecule has 1 atom stereocenters. The molecular weight excluding hydrogens is 316 g/mol. The van der Waals surface area contributed by atoms with Gasteiger partial charge in [0.25, 0.3) is 5.91 Å². The number of carbonyl (C=O) groups is 1. The number of aromatic nitrogens is 4. The maximum atomic E-state index is 13.2. The summed E-state index contributed by atoms with van der Waals surface area (Å²) in [5, 5.41) is 10.6. The summed E-state index contributed by atoms with van der Waals surface area (Å²) in [6.07, 6.45) is 8.05. The molecule has 1 fully saturated rings. The topological polar surface area (TPSA) is 86.8 Å². The van der Waals surface area contributed by atoms with Crippen LogP contribution in [0.15, 0.2) is 24.8 Å². The summed E-state index contributed by atoms with van der Waals surface area (Å²) in [6, 6.07) is 2.07. The van der Waals surface area contributed by atoms with Crippen LogP contribution in [0.2, 0.25) is 0 Å². The van der Waals surface area contributed by atoms with Gasteiger partial charge in [-0.25, -0.2) is 9.97 Å². The van der Waals surface area contributed by atoms with E-state index in [4.69, 9.17) is 0 Å². The highest BCUT2D eigenvalue weighted by Gasteiger charge is 2.27. The van der Waals surface area contributed by atoms with Crippen LogP contribution >= 0.6 is 0 Å². The predicted molar refractivity (Wildman–Crippen MR) is 95.1 cm³/mol. The molecule has 0 saturated carbocycles. The van der Waals surface area contributed by atoms with Crippen LogP contribution in [-0.2, 0) is 6.54 Å². The van der Waals surface area contributed by atoms with Crippen molar-refractivity contribution in [3.8, 4) is 0 Å². The zero-order chi connectivity index (χ0) is 17.6. The smallest absolute Gasteiger partial charge is 0.274 e. The minimum Gasteiger partial charge on any atom is -0.330 e. The first-order valence-electron chi connectivity index (χ1n) is 8.96. The highest BCUT2D eigenvalue weighted by molar-refractivity contribution is 5.92. The van der Waals surface area contributed by atoms with E-state index in [1.54, 1.807) is 12.4 Å². The van der Waals surface area contributed by atoms with Crippen LogP contribution < -0.4 is 5.32 Å². The van der Waals surface area contributed by atoms with Crippen molar-refractivity contribution in [1.29, 1.82) is 0 Å². The summed E-state index contributed by atoms with van der Waals surface area (Å²) >= 11 is 0. The second-order valence-electron chi connectivity index (χ2n) is 6.88. The highest BCUT2D eigenvalue weighted by Crippen LogP contribution is 2.20. The SMILES string of the molecule is CC(C)c1cc(C(=O)N(Cc2cncnc2)[C@@H]2CCCNCC2)n[nH]1. The zero-order valence-electron chi connectivity index (χ0n) is 14.9. The molecule has 0 aromatic carbocycles. The van der Waals surface area contributed by atoms with E-state index in [-0.39, 0.29) is 11.9 Å². The first-order chi connectivity index (χ1) is 12.1. The Morgan fingerprint density at radius 3 is 2.80 bits per heavy atom. The standard InChI is InChI=1S/C18H26N6O/c1-13(2)16-8-17(23-22-16)18(25)24(11-14-9-20-12-21-10-14)15-4-3-6-19-7-5-15/h8-10,12-13,15,19H,3-7,11H2,1-2H3,(H,22,23)/t15-/m1/s1. The molecule has 0 aliphatic carbocycles. The summed E-state index contributed by atoms with van der Waals surface area (Å²) in [5.74, 6) is 0.283. The summed E-state index contributed by atoms with van der Waals surface area (Å²) in [7, 11) is 0. The molecule has 2 aromatic rings. The van der Waals surface area contributed by atoms with E-state index < -0.39 is 0 Å². The van der Waals surface area contributed by atoms with E-state index in [0.717, 1.165) is 43.6 Å². The molecular formula is C18H26N6O. The van der Waals surface area contributed by atoms with Crippen molar-refractivity contribution in [1.82, 2.24) is 30.4 Å². The average molecular weight is 342 g/mol. The van der Waals surface area contributed by atoms with Crippen molar-refractivity contribution >= 4 is 5.91 Å². The molecule has 7 heteroatoms. The Balaban J connectivity index is 1.84. The molecule has 3 rings (SSSR count). The number of nitrogens with one attached hydrogen (secondary N) is 2. The van der Waals surface area contributed by atoms with Gasteiger partial charge in [0.05, 0.1) is 0 Å². The fourth-order valence-corrected chi connectivity index (χ4v) is 3.18. The molecule has 1 aliphatic heterocycles. The lowest BCUT2D eigenvalue weighted by molar-refractivity contribution is 0.0638. The van der Waals surface area contributed by atoms with E-state index in [1.807, 2.05) is 11.0 Å². The Hall–Kier alpha value is -2.28. The van der Waals surface area contributed by atoms with Crippen LogP contribution in [0.25, 0.3) is 0 Å². The number of hydrogen-bond donors (Lipinski definition) is 2. The van der Waals surface area contributed by atoms with Crippen LogP contribution in [0.1, 0.15) is 60.8 Å². The summed E-state index contributed by atoms with van der Waals surface area (Å²) in [5.41, 5.74) is 2.40. The van der Waals surface area contributed by atoms with E-state index in [2.05, 4.69) is 39.3 Å². The second kappa shape index (κ2) is 8.20. The van der Waals surface area contributed by atoms with Crippen LogP contribution in [0.3, 0.4) is 0 Å². The third-order valence-corrected chi connectivity index (χ3v) is 4.65. The molecule has 1 saturated heterocycles. The largest absolute Gasteiger partial charge is 0.330 e. The van der Waals surface area contributed by atoms with Gasteiger partial charge in [-0.2, -0.15) is 5.10 Å². The number of rotatable bonds is 5. The minimum absolute atomic E-state index is 0.0288. The van der Waals surface area contributed by atoms with Crippen molar-refractivity contribution in [3.05, 3.63) is 41.7 Å². The number of nitrogens with zero attached hydrogens (tertiary/aromatic N) is 4. The monoisotopic (exact) mass is 342 g/mol. The Morgan fingerprint density at radius 2 is 2.08 bits per heavy atom. The fourth-order valence-electron chi connectivity index (χ4n) is 3.18. The lowest BCUT2D eigenvalue weighted by atomic mass is 10.1. The summed E-state index contributed by atoms with van der Waals surface area (Å²) < 4.78 is 0. The molecule has 0 unspecified atom stereocenters. The summed E-state index contributed by atoms with van der Waals surface area (Å²) in [6.45, 7) is 6.61. The third-order valence-electron chi connectivity index (χ3n) is 4.65. The molecule has 7 nitrogen and oxygen atoms in total. The molecule has 0 bridgehead atoms. The van der Waals surface area contributed by atoms with Gasteiger partial charge in [0, 0.05) is 36.2 Å². The number of carbonyl (C=O) groups excluding carboxylic acids is 1. The maximum Gasteiger partial charge on any atom is 0.274 e. The van der Waals surface area contributed by atoms with Crippen LogP contribution in [0.5, 0.6) is 0 Å². The molecule has 0 radical (unpaired) electrons. The van der Waals surface area contributed by atoms with Crippen LogP contribution in [0.4, 0.5) is 0 Å². The van der Waals surface area contributed by atoms with Gasteiger partial charge in [0.1, 0.15) is 12.0 Å². The van der Waals surface area contributed by atoms with Crippen molar-refractivity contribution in [3.63, 3.8) is 0 Å². The highest BCUT2D eigenvalue weighted by atomic mass is 16.2. The number of amides is 1. The number of H-pyrrole nitrogens is 1. The van der Waals surface area contributed by atoms with Crippen LogP contribution in [-0.4, -0.2) is 50.1 Å². The third kappa shape index (κ3) is 4.42. The molecule has 1 amide bonds. The maximum absolute atomic E-state index is 13.2. The van der Waals surface area contributed by atoms with Gasteiger partial charge in [-0.15, -0.1) is 0 Å². The van der Waals surface area contributed by atoms with E-state index in [0.29, 0.717) is 18.2 Å². The fraction of sp³-hybridized carbons (Fsp3) is 0.556. The molecule has 2 aromatic heterocycles. The average Bonchev–Trinajstić information content (AvgIpc) is 2.97. The lowest BCUT2D eigenvalue weighted by Gasteiger charge is -2.30. The van der Waals surface area contributed by atoms with Crippen molar-refractivity contribution in [2.24, 2.45) is 0 Å². The number of hydrogen-bond acceptors (Lipinski definition) is 5. The molecule has 25 heavy (non-hydrogen) atoms. The van der Waals surface area contributed by atoms with Gasteiger partial charge in [0.15, 0.2) is 0 Å². The van der Waals surface area contributed by atoms with Crippen molar-refractivity contribution in [2.45, 2.75) is 51.6 Å². The van der Waals surface area contributed by atoms with E-state index in [9.17, 15) is 4.79 Å². The first-order valence-corrected chi connectivity index (χ1v) is 8.96. The van der Waals surface area contributed by atoms with Crippen molar-refractivity contribution < 1.29 is 4.79 Å². The van der Waals surface area contributed by atoms with Gasteiger partial charge in [0.2, 0.25) is 0 Å². The Morgan fingerprint density at radius 1 is 1.28 bits per heavy atom. The quantitative estimate of drug-likeness (QED) is 0.869. The zero-order valence-corrected chi connectivity index (χ0v) is 14.9. The summed E-state index contributed by atoms with van der Waals surface area (Å²) in [4.78, 5) is 23.3. The van der Waals surface area contributed by atoms with Crippen molar-refractivity contribution in [2.75, 3.05) is 13.1 Å². The predicted octanol–water partition coefficient (Wildman–Crippen LogP) is 2.11. The minimum atomic E-state index is -0.0288. The van der Waals surface area contributed by atoms with E-state index in [1.165, 1.54) is 6.33 Å².